The van der Waals surface area contributed by atoms with Gasteiger partial charge in [0.1, 0.15) is 5.82 Å². The number of nitro groups is 1. The number of rotatable bonds is 4. The summed E-state index contributed by atoms with van der Waals surface area (Å²) >= 11 is 0. The normalized spacial score (nSPS) is 13.2. The van der Waals surface area contributed by atoms with Crippen LogP contribution in [0.5, 0.6) is 0 Å². The van der Waals surface area contributed by atoms with Crippen LogP contribution in [0, 0.1) is 10.1 Å². The van der Waals surface area contributed by atoms with E-state index in [9.17, 15) is 15.2 Å². The number of nitrogens with two attached hydrogens (primary N) is 1. The highest BCUT2D eigenvalue weighted by atomic mass is 16.6. The molecule has 0 fully saturated rings. The van der Waals surface area contributed by atoms with Gasteiger partial charge < -0.3 is 16.2 Å². The van der Waals surface area contributed by atoms with Gasteiger partial charge in [0.25, 0.3) is 0 Å². The van der Waals surface area contributed by atoms with Crippen molar-refractivity contribution in [3.63, 3.8) is 0 Å². The summed E-state index contributed by atoms with van der Waals surface area (Å²) in [5.41, 5.74) is 4.57. The van der Waals surface area contributed by atoms with Crippen LogP contribution in [-0.4, -0.2) is 26.7 Å². The Balaban J connectivity index is 3.13. The summed E-state index contributed by atoms with van der Waals surface area (Å²) in [4.78, 5) is 14.1. The number of aliphatic hydroxyl groups excluding tert-OH is 1. The first kappa shape index (κ1) is 13.2. The second kappa shape index (κ2) is 4.54. The third-order valence-corrected chi connectivity index (χ3v) is 2.58. The van der Waals surface area contributed by atoms with E-state index in [2.05, 4.69) is 10.3 Å². The zero-order valence-electron chi connectivity index (χ0n) is 9.97. The van der Waals surface area contributed by atoms with E-state index in [0.29, 0.717) is 0 Å². The molecule has 1 aromatic heterocycles. The molecule has 7 heteroatoms. The highest BCUT2D eigenvalue weighted by molar-refractivity contribution is 5.60. The van der Waals surface area contributed by atoms with Crippen molar-refractivity contribution in [3.8, 4) is 0 Å². The minimum absolute atomic E-state index is 0.0564. The summed E-state index contributed by atoms with van der Waals surface area (Å²) < 4.78 is 0. The van der Waals surface area contributed by atoms with Gasteiger partial charge in [-0.1, -0.05) is 0 Å². The molecule has 1 aromatic rings. The topological polar surface area (TPSA) is 114 Å². The lowest BCUT2D eigenvalue weighted by Gasteiger charge is -2.29. The van der Waals surface area contributed by atoms with Crippen molar-refractivity contribution >= 4 is 17.3 Å². The van der Waals surface area contributed by atoms with Gasteiger partial charge in [0.05, 0.1) is 16.6 Å². The van der Waals surface area contributed by atoms with Crippen LogP contribution < -0.4 is 11.1 Å². The average Bonchev–Trinajstić information content (AvgIpc) is 2.15. The Hall–Kier alpha value is -1.89. The lowest BCUT2D eigenvalue weighted by molar-refractivity contribution is -0.384. The predicted molar refractivity (Wildman–Crippen MR) is 64.7 cm³/mol. The molecule has 0 saturated carbocycles. The molecule has 0 saturated heterocycles. The van der Waals surface area contributed by atoms with Crippen LogP contribution in [0.2, 0.25) is 0 Å². The van der Waals surface area contributed by atoms with Gasteiger partial charge in [-0.2, -0.15) is 0 Å². The van der Waals surface area contributed by atoms with Gasteiger partial charge in [-0.25, -0.2) is 4.98 Å². The summed E-state index contributed by atoms with van der Waals surface area (Å²) in [5, 5.41) is 23.2. The first-order valence-corrected chi connectivity index (χ1v) is 5.11. The van der Waals surface area contributed by atoms with Gasteiger partial charge in [-0.3, -0.25) is 10.1 Å². The summed E-state index contributed by atoms with van der Waals surface area (Å²) in [6.45, 7) is 5.02. The van der Waals surface area contributed by atoms with Crippen LogP contribution in [0.3, 0.4) is 0 Å². The molecule has 0 bridgehead atoms. The summed E-state index contributed by atoms with van der Waals surface area (Å²) in [5.74, 6) is 0.236. The van der Waals surface area contributed by atoms with Crippen molar-refractivity contribution in [2.24, 2.45) is 0 Å². The molecule has 0 aliphatic heterocycles. The molecular formula is C10H16N4O3. The molecule has 0 spiro atoms. The maximum absolute atomic E-state index is 10.8. The van der Waals surface area contributed by atoms with E-state index < -0.39 is 16.6 Å². The maximum atomic E-state index is 10.8. The van der Waals surface area contributed by atoms with Crippen molar-refractivity contribution < 1.29 is 10.0 Å². The Kier molecular flexibility index (Phi) is 3.52. The van der Waals surface area contributed by atoms with Crippen molar-refractivity contribution in [1.82, 2.24) is 4.98 Å². The van der Waals surface area contributed by atoms with Gasteiger partial charge in [0, 0.05) is 6.07 Å². The molecule has 1 unspecified atom stereocenters. The summed E-state index contributed by atoms with van der Waals surface area (Å²) in [6, 6.07) is 2.64. The Morgan fingerprint density at radius 2 is 2.18 bits per heavy atom. The second-order valence-electron chi connectivity index (χ2n) is 4.38. The second-order valence-corrected chi connectivity index (χ2v) is 4.38. The number of nitrogen functional groups attached to an aromatic ring is 1. The highest BCUT2D eigenvalue weighted by Crippen LogP contribution is 2.26. The molecule has 4 N–H and O–H groups in total. The molecule has 1 rings (SSSR count). The van der Waals surface area contributed by atoms with Gasteiger partial charge in [0.2, 0.25) is 5.82 Å². The maximum Gasteiger partial charge on any atom is 0.311 e. The molecule has 1 heterocycles. The minimum atomic E-state index is -0.744. The van der Waals surface area contributed by atoms with Crippen LogP contribution in [-0.2, 0) is 0 Å². The van der Waals surface area contributed by atoms with E-state index >= 15 is 0 Å². The number of aromatic nitrogens is 1. The monoisotopic (exact) mass is 240 g/mol. The largest absolute Gasteiger partial charge is 0.391 e. The number of anilines is 2. The quantitative estimate of drug-likeness (QED) is 0.537. The molecule has 0 amide bonds. The van der Waals surface area contributed by atoms with Gasteiger partial charge in [0.15, 0.2) is 0 Å². The minimum Gasteiger partial charge on any atom is -0.391 e. The number of pyridine rings is 1. The van der Waals surface area contributed by atoms with Crippen LogP contribution >= 0.6 is 0 Å². The molecule has 0 aromatic carbocycles. The third kappa shape index (κ3) is 3.04. The van der Waals surface area contributed by atoms with E-state index in [1.54, 1.807) is 20.8 Å². The van der Waals surface area contributed by atoms with Crippen molar-refractivity contribution in [3.05, 3.63) is 22.2 Å². The van der Waals surface area contributed by atoms with Crippen LogP contribution in [0.15, 0.2) is 12.1 Å². The number of nitrogens with one attached hydrogen (secondary N) is 1. The van der Waals surface area contributed by atoms with Crippen molar-refractivity contribution in [1.29, 1.82) is 0 Å². The number of nitrogens with zero attached hydrogens (tertiary/aromatic N) is 2. The molecule has 0 aliphatic carbocycles. The Labute approximate surface area is 98.8 Å². The summed E-state index contributed by atoms with van der Waals surface area (Å²) in [7, 11) is 0. The van der Waals surface area contributed by atoms with Gasteiger partial charge >= 0.3 is 5.69 Å². The predicted octanol–water partition coefficient (Wildman–Crippen LogP) is 1.14. The molecule has 1 atom stereocenters. The fourth-order valence-electron chi connectivity index (χ4n) is 1.12. The van der Waals surface area contributed by atoms with E-state index in [-0.39, 0.29) is 17.3 Å². The average molecular weight is 240 g/mol. The number of aliphatic hydroxyl groups is 1. The van der Waals surface area contributed by atoms with E-state index in [1.165, 1.54) is 12.1 Å². The first-order valence-electron chi connectivity index (χ1n) is 5.11. The molecule has 0 aliphatic rings. The zero-order chi connectivity index (χ0) is 13.2. The fourth-order valence-corrected chi connectivity index (χ4v) is 1.12. The molecular weight excluding hydrogens is 224 g/mol. The first-order chi connectivity index (χ1) is 7.74. The highest BCUT2D eigenvalue weighted by Gasteiger charge is 2.28. The van der Waals surface area contributed by atoms with Crippen LogP contribution in [0.4, 0.5) is 17.3 Å². The van der Waals surface area contributed by atoms with E-state index in [1.807, 2.05) is 0 Å². The number of hydrogen-bond acceptors (Lipinski definition) is 6. The molecule has 17 heavy (non-hydrogen) atoms. The zero-order valence-corrected chi connectivity index (χ0v) is 9.97. The molecule has 0 radical (unpaired) electrons. The Morgan fingerprint density at radius 1 is 1.59 bits per heavy atom. The van der Waals surface area contributed by atoms with Gasteiger partial charge in [-0.05, 0) is 26.8 Å². The SMILES string of the molecule is CC(O)C(C)(C)Nc1nc(N)ccc1[N+](=O)[O-]. The Morgan fingerprint density at radius 3 is 2.65 bits per heavy atom. The van der Waals surface area contributed by atoms with Gasteiger partial charge in [-0.15, -0.1) is 0 Å². The van der Waals surface area contributed by atoms with Crippen molar-refractivity contribution in [2.75, 3.05) is 11.1 Å². The third-order valence-electron chi connectivity index (χ3n) is 2.58. The standard InChI is InChI=1S/C10H16N4O3/c1-6(15)10(2,3)13-9-7(14(16)17)4-5-8(11)12-9/h4-6,15H,1-3H3,(H3,11,12,13). The van der Waals surface area contributed by atoms with E-state index in [4.69, 9.17) is 5.73 Å². The summed E-state index contributed by atoms with van der Waals surface area (Å²) in [6.07, 6.45) is -0.703. The molecule has 7 nitrogen and oxygen atoms in total. The lowest BCUT2D eigenvalue weighted by atomic mass is 9.99. The number of hydrogen-bond donors (Lipinski definition) is 3. The van der Waals surface area contributed by atoms with Crippen molar-refractivity contribution in [2.45, 2.75) is 32.4 Å². The molecule has 94 valence electrons. The van der Waals surface area contributed by atoms with E-state index in [0.717, 1.165) is 0 Å². The smallest absolute Gasteiger partial charge is 0.311 e. The van der Waals surface area contributed by atoms with Crippen LogP contribution in [0.1, 0.15) is 20.8 Å². The lowest BCUT2D eigenvalue weighted by Crippen LogP contribution is -2.42. The Bertz CT molecular complexity index is 432. The fraction of sp³-hybridized carbons (Fsp3) is 0.500. The van der Waals surface area contributed by atoms with Crippen LogP contribution in [0.25, 0.3) is 0 Å².